The molecule has 108 valence electrons. The predicted molar refractivity (Wildman–Crippen MR) is 87.3 cm³/mol. The molecule has 1 aromatic heterocycles. The minimum absolute atomic E-state index is 0.299. The highest BCUT2D eigenvalue weighted by Crippen LogP contribution is 2.19. The van der Waals surface area contributed by atoms with Crippen molar-refractivity contribution in [2.75, 3.05) is 6.54 Å². The Morgan fingerprint density at radius 3 is 2.62 bits per heavy atom. The number of nitrogens with zero attached hydrogens (tertiary/aromatic N) is 2. The van der Waals surface area contributed by atoms with Gasteiger partial charge < -0.3 is 9.88 Å². The first-order chi connectivity index (χ1) is 10.3. The highest BCUT2D eigenvalue weighted by Gasteiger charge is 2.12. The Kier molecular flexibility index (Phi) is 4.02. The van der Waals surface area contributed by atoms with E-state index in [0.717, 1.165) is 18.6 Å². The fraction of sp³-hybridized carbons (Fsp3) is 0.278. The van der Waals surface area contributed by atoms with E-state index >= 15 is 0 Å². The summed E-state index contributed by atoms with van der Waals surface area (Å²) in [5.74, 6) is 0. The fourth-order valence-corrected chi connectivity index (χ4v) is 2.69. The first kappa shape index (κ1) is 13.8. The molecular weight excluding hydrogens is 258 g/mol. The number of para-hydroxylation sites is 2. The molecule has 0 saturated carbocycles. The number of nitrogens with one attached hydrogen (secondary N) is 1. The molecule has 0 aliphatic heterocycles. The van der Waals surface area contributed by atoms with Crippen molar-refractivity contribution >= 4 is 11.0 Å². The van der Waals surface area contributed by atoms with E-state index in [-0.39, 0.29) is 0 Å². The van der Waals surface area contributed by atoms with Gasteiger partial charge in [-0.3, -0.25) is 0 Å². The van der Waals surface area contributed by atoms with Crippen molar-refractivity contribution in [3.05, 3.63) is 66.0 Å². The van der Waals surface area contributed by atoms with Crippen LogP contribution in [-0.4, -0.2) is 16.1 Å². The molecule has 0 fully saturated rings. The summed E-state index contributed by atoms with van der Waals surface area (Å²) < 4.78 is 2.22. The van der Waals surface area contributed by atoms with Crippen LogP contribution in [0.1, 0.15) is 24.1 Å². The molecule has 3 rings (SSSR count). The molecule has 0 amide bonds. The number of aryl methyl sites for hydroxylation is 1. The van der Waals surface area contributed by atoms with Gasteiger partial charge in [0.2, 0.25) is 0 Å². The van der Waals surface area contributed by atoms with E-state index in [4.69, 9.17) is 0 Å². The molecule has 3 heteroatoms. The maximum absolute atomic E-state index is 4.47. The Labute approximate surface area is 125 Å². The normalized spacial score (nSPS) is 12.7. The summed E-state index contributed by atoms with van der Waals surface area (Å²) in [5.41, 5.74) is 4.85. The number of imidazole rings is 1. The second-order valence-corrected chi connectivity index (χ2v) is 5.41. The third kappa shape index (κ3) is 2.98. The molecule has 1 unspecified atom stereocenters. The van der Waals surface area contributed by atoms with Crippen molar-refractivity contribution in [2.45, 2.75) is 26.4 Å². The van der Waals surface area contributed by atoms with Gasteiger partial charge >= 0.3 is 0 Å². The van der Waals surface area contributed by atoms with Gasteiger partial charge in [-0.2, -0.15) is 0 Å². The molecule has 0 aliphatic rings. The monoisotopic (exact) mass is 279 g/mol. The molecule has 21 heavy (non-hydrogen) atoms. The van der Waals surface area contributed by atoms with Crippen LogP contribution in [0.15, 0.2) is 54.9 Å². The van der Waals surface area contributed by atoms with Gasteiger partial charge in [0, 0.05) is 6.54 Å². The Bertz CT molecular complexity index is 713. The van der Waals surface area contributed by atoms with E-state index in [2.05, 4.69) is 71.2 Å². The van der Waals surface area contributed by atoms with Crippen molar-refractivity contribution in [1.29, 1.82) is 0 Å². The number of benzene rings is 2. The molecule has 2 aromatic carbocycles. The Morgan fingerprint density at radius 1 is 1.10 bits per heavy atom. The van der Waals surface area contributed by atoms with Crippen LogP contribution >= 0.6 is 0 Å². The summed E-state index contributed by atoms with van der Waals surface area (Å²) in [6.07, 6.45) is 1.93. The van der Waals surface area contributed by atoms with E-state index in [1.165, 1.54) is 16.6 Å². The zero-order valence-corrected chi connectivity index (χ0v) is 12.6. The largest absolute Gasteiger partial charge is 0.329 e. The van der Waals surface area contributed by atoms with E-state index in [1.54, 1.807) is 0 Å². The van der Waals surface area contributed by atoms with Crippen molar-refractivity contribution in [2.24, 2.45) is 0 Å². The second-order valence-electron chi connectivity index (χ2n) is 5.41. The lowest BCUT2D eigenvalue weighted by atomic mass is 10.0. The van der Waals surface area contributed by atoms with Gasteiger partial charge in [0.15, 0.2) is 0 Å². The minimum Gasteiger partial charge on any atom is -0.329 e. The first-order valence-electron chi connectivity index (χ1n) is 7.47. The quantitative estimate of drug-likeness (QED) is 0.772. The summed E-state index contributed by atoms with van der Waals surface area (Å²) >= 11 is 0. The van der Waals surface area contributed by atoms with Crippen LogP contribution in [-0.2, 0) is 6.54 Å². The number of fused-ring (bicyclic) bond motifs is 1. The summed E-state index contributed by atoms with van der Waals surface area (Å²) in [4.78, 5) is 4.47. The van der Waals surface area contributed by atoms with Crippen LogP contribution in [0.3, 0.4) is 0 Å². The Morgan fingerprint density at radius 2 is 1.86 bits per heavy atom. The van der Waals surface area contributed by atoms with Gasteiger partial charge in [0.1, 0.15) is 0 Å². The zero-order valence-electron chi connectivity index (χ0n) is 12.6. The summed E-state index contributed by atoms with van der Waals surface area (Å²) in [6.45, 7) is 6.10. The van der Waals surface area contributed by atoms with Gasteiger partial charge in [-0.25, -0.2) is 4.98 Å². The lowest BCUT2D eigenvalue weighted by Crippen LogP contribution is -2.25. The van der Waals surface area contributed by atoms with Crippen LogP contribution in [0.25, 0.3) is 11.0 Å². The van der Waals surface area contributed by atoms with Crippen molar-refractivity contribution in [1.82, 2.24) is 14.9 Å². The van der Waals surface area contributed by atoms with Crippen LogP contribution in [0.2, 0.25) is 0 Å². The zero-order chi connectivity index (χ0) is 14.7. The van der Waals surface area contributed by atoms with Crippen molar-refractivity contribution in [3.63, 3.8) is 0 Å². The molecule has 0 saturated heterocycles. The van der Waals surface area contributed by atoms with Crippen LogP contribution in [0, 0.1) is 6.92 Å². The van der Waals surface area contributed by atoms with Crippen LogP contribution in [0.5, 0.6) is 0 Å². The fourth-order valence-electron chi connectivity index (χ4n) is 2.69. The molecule has 3 nitrogen and oxygen atoms in total. The van der Waals surface area contributed by atoms with Gasteiger partial charge in [-0.1, -0.05) is 48.9 Å². The van der Waals surface area contributed by atoms with Gasteiger partial charge in [-0.15, -0.1) is 0 Å². The van der Waals surface area contributed by atoms with E-state index in [0.29, 0.717) is 6.04 Å². The van der Waals surface area contributed by atoms with Crippen molar-refractivity contribution < 1.29 is 0 Å². The van der Waals surface area contributed by atoms with Gasteiger partial charge in [-0.05, 0) is 31.2 Å². The van der Waals surface area contributed by atoms with Gasteiger partial charge in [0.25, 0.3) is 0 Å². The average Bonchev–Trinajstić information content (AvgIpc) is 2.91. The van der Waals surface area contributed by atoms with E-state index in [1.807, 2.05) is 12.4 Å². The van der Waals surface area contributed by atoms with E-state index < -0.39 is 0 Å². The van der Waals surface area contributed by atoms with Crippen LogP contribution in [0.4, 0.5) is 0 Å². The molecule has 0 radical (unpaired) electrons. The minimum atomic E-state index is 0.299. The molecule has 0 bridgehead atoms. The maximum atomic E-state index is 4.47. The standard InChI is InChI=1S/C18H21N3/c1-3-19-17(15-10-8-14(2)9-11-15)12-21-13-20-16-6-4-5-7-18(16)21/h4-11,13,17,19H,3,12H2,1-2H3. The first-order valence-corrected chi connectivity index (χ1v) is 7.47. The summed E-state index contributed by atoms with van der Waals surface area (Å²) in [5, 5.41) is 3.57. The molecular formula is C18H21N3. The predicted octanol–water partition coefficient (Wildman–Crippen LogP) is 3.70. The highest BCUT2D eigenvalue weighted by molar-refractivity contribution is 5.74. The highest BCUT2D eigenvalue weighted by atomic mass is 15.1. The average molecular weight is 279 g/mol. The molecule has 1 heterocycles. The molecule has 0 spiro atoms. The topological polar surface area (TPSA) is 29.9 Å². The number of likely N-dealkylation sites (N-methyl/N-ethyl adjacent to an activating group) is 1. The molecule has 3 aromatic rings. The number of rotatable bonds is 5. The smallest absolute Gasteiger partial charge is 0.0958 e. The SMILES string of the molecule is CCNC(Cn1cnc2ccccc21)c1ccc(C)cc1. The number of aromatic nitrogens is 2. The van der Waals surface area contributed by atoms with Gasteiger partial charge in [0.05, 0.1) is 23.4 Å². The maximum Gasteiger partial charge on any atom is 0.0958 e. The molecule has 1 atom stereocenters. The lowest BCUT2D eigenvalue weighted by Gasteiger charge is -2.19. The van der Waals surface area contributed by atoms with E-state index in [9.17, 15) is 0 Å². The van der Waals surface area contributed by atoms with Crippen LogP contribution < -0.4 is 5.32 Å². The third-order valence-corrected chi connectivity index (χ3v) is 3.84. The molecule has 0 aliphatic carbocycles. The number of hydrogen-bond acceptors (Lipinski definition) is 2. The summed E-state index contributed by atoms with van der Waals surface area (Å²) in [6, 6.07) is 17.3. The summed E-state index contributed by atoms with van der Waals surface area (Å²) in [7, 11) is 0. The Balaban J connectivity index is 1.89. The third-order valence-electron chi connectivity index (χ3n) is 3.84. The number of hydrogen-bond donors (Lipinski definition) is 1. The molecule has 1 N–H and O–H groups in total. The second kappa shape index (κ2) is 6.10. The van der Waals surface area contributed by atoms with Crippen molar-refractivity contribution in [3.8, 4) is 0 Å². The lowest BCUT2D eigenvalue weighted by molar-refractivity contribution is 0.481. The Hall–Kier alpha value is -2.13.